The van der Waals surface area contributed by atoms with Gasteiger partial charge in [0.1, 0.15) is 5.76 Å². The molecule has 0 fully saturated rings. The Balaban J connectivity index is 2.03. The first-order valence-electron chi connectivity index (χ1n) is 7.49. The monoisotopic (exact) mass is 329 g/mol. The second kappa shape index (κ2) is 7.54. The lowest BCUT2D eigenvalue weighted by Crippen LogP contribution is -2.32. The van der Waals surface area contributed by atoms with Crippen LogP contribution in [-0.4, -0.2) is 29.3 Å². The molecule has 2 aromatic rings. The third kappa shape index (κ3) is 4.52. The van der Waals surface area contributed by atoms with Crippen molar-refractivity contribution >= 4 is 29.1 Å². The molecule has 0 saturated carbocycles. The summed E-state index contributed by atoms with van der Waals surface area (Å²) in [6.45, 7) is 4.80. The SMILES string of the molecule is CC(=O)c1cccc(N(CCC(=O)Nc2cc(C)on2)C(C)=O)c1. The van der Waals surface area contributed by atoms with Crippen LogP contribution in [0.2, 0.25) is 0 Å². The van der Waals surface area contributed by atoms with E-state index in [1.165, 1.54) is 18.7 Å². The number of hydrogen-bond acceptors (Lipinski definition) is 5. The number of aromatic nitrogens is 1. The van der Waals surface area contributed by atoms with Gasteiger partial charge in [0.25, 0.3) is 0 Å². The lowest BCUT2D eigenvalue weighted by Gasteiger charge is -2.21. The highest BCUT2D eigenvalue weighted by molar-refractivity contribution is 5.98. The van der Waals surface area contributed by atoms with Crippen molar-refractivity contribution in [3.8, 4) is 0 Å². The largest absolute Gasteiger partial charge is 0.360 e. The Kier molecular flexibility index (Phi) is 5.47. The maximum Gasteiger partial charge on any atom is 0.227 e. The van der Waals surface area contributed by atoms with Crippen LogP contribution in [0.3, 0.4) is 0 Å². The minimum atomic E-state index is -0.280. The van der Waals surface area contributed by atoms with Crippen molar-refractivity contribution in [2.24, 2.45) is 0 Å². The topological polar surface area (TPSA) is 92.5 Å². The number of nitrogens with zero attached hydrogens (tertiary/aromatic N) is 2. The van der Waals surface area contributed by atoms with Gasteiger partial charge in [-0.2, -0.15) is 0 Å². The number of nitrogens with one attached hydrogen (secondary N) is 1. The number of rotatable bonds is 6. The lowest BCUT2D eigenvalue weighted by molar-refractivity contribution is -0.117. The molecule has 0 atom stereocenters. The van der Waals surface area contributed by atoms with E-state index in [1.54, 1.807) is 37.3 Å². The molecule has 0 saturated heterocycles. The Morgan fingerprint density at radius 1 is 1.21 bits per heavy atom. The van der Waals surface area contributed by atoms with Crippen molar-refractivity contribution in [1.82, 2.24) is 5.16 Å². The molecule has 1 N–H and O–H groups in total. The molecule has 0 aliphatic heterocycles. The smallest absolute Gasteiger partial charge is 0.227 e. The highest BCUT2D eigenvalue weighted by Crippen LogP contribution is 2.18. The van der Waals surface area contributed by atoms with Crippen LogP contribution >= 0.6 is 0 Å². The van der Waals surface area contributed by atoms with Gasteiger partial charge in [-0.05, 0) is 26.0 Å². The number of hydrogen-bond donors (Lipinski definition) is 1. The zero-order valence-electron chi connectivity index (χ0n) is 13.8. The predicted molar refractivity (Wildman–Crippen MR) is 89.0 cm³/mol. The summed E-state index contributed by atoms with van der Waals surface area (Å²) in [7, 11) is 0. The Morgan fingerprint density at radius 3 is 2.54 bits per heavy atom. The van der Waals surface area contributed by atoms with Crippen LogP contribution in [0.5, 0.6) is 0 Å². The first-order valence-corrected chi connectivity index (χ1v) is 7.49. The Labute approximate surface area is 139 Å². The van der Waals surface area contributed by atoms with E-state index in [2.05, 4.69) is 10.5 Å². The number of aryl methyl sites for hydroxylation is 1. The molecule has 0 aliphatic carbocycles. The summed E-state index contributed by atoms with van der Waals surface area (Å²) in [5, 5.41) is 6.28. The number of carbonyl (C=O) groups is 3. The van der Waals surface area contributed by atoms with Crippen LogP contribution in [0.1, 0.15) is 36.4 Å². The van der Waals surface area contributed by atoms with Gasteiger partial charge in [0.15, 0.2) is 11.6 Å². The summed E-state index contributed by atoms with van der Waals surface area (Å²) in [5.41, 5.74) is 1.10. The predicted octanol–water partition coefficient (Wildman–Crippen LogP) is 2.57. The van der Waals surface area contributed by atoms with E-state index in [0.29, 0.717) is 22.8 Å². The van der Waals surface area contributed by atoms with Crippen molar-refractivity contribution in [3.63, 3.8) is 0 Å². The number of amides is 2. The standard InChI is InChI=1S/C17H19N3O4/c1-11-9-16(19-24-11)18-17(23)7-8-20(13(3)22)15-6-4-5-14(10-15)12(2)21/h4-6,9-10H,7-8H2,1-3H3,(H,18,19,23). The third-order valence-corrected chi connectivity index (χ3v) is 3.40. The summed E-state index contributed by atoms with van der Waals surface area (Å²) >= 11 is 0. The zero-order chi connectivity index (χ0) is 17.7. The van der Waals surface area contributed by atoms with Crippen LogP contribution in [0.15, 0.2) is 34.9 Å². The van der Waals surface area contributed by atoms with E-state index in [1.807, 2.05) is 0 Å². The average molecular weight is 329 g/mol. The Morgan fingerprint density at radius 2 is 1.96 bits per heavy atom. The molecule has 0 aliphatic rings. The average Bonchev–Trinajstić information content (AvgIpc) is 2.92. The van der Waals surface area contributed by atoms with Gasteiger partial charge in [-0.25, -0.2) is 0 Å². The van der Waals surface area contributed by atoms with E-state index in [0.717, 1.165) is 0 Å². The van der Waals surface area contributed by atoms with E-state index < -0.39 is 0 Å². The molecular formula is C17H19N3O4. The molecule has 1 heterocycles. The van der Waals surface area contributed by atoms with Gasteiger partial charge in [0, 0.05) is 37.2 Å². The second-order valence-corrected chi connectivity index (χ2v) is 5.40. The molecule has 1 aromatic heterocycles. The molecule has 2 rings (SSSR count). The molecule has 1 aromatic carbocycles. The van der Waals surface area contributed by atoms with Gasteiger partial charge < -0.3 is 14.7 Å². The fourth-order valence-corrected chi connectivity index (χ4v) is 2.21. The number of ketones is 1. The molecule has 7 nitrogen and oxygen atoms in total. The highest BCUT2D eigenvalue weighted by atomic mass is 16.5. The van der Waals surface area contributed by atoms with Gasteiger partial charge in [-0.1, -0.05) is 17.3 Å². The normalized spacial score (nSPS) is 10.3. The summed E-state index contributed by atoms with van der Waals surface area (Å²) < 4.78 is 4.87. The van der Waals surface area contributed by atoms with Crippen molar-refractivity contribution < 1.29 is 18.9 Å². The van der Waals surface area contributed by atoms with Gasteiger partial charge in [0.05, 0.1) is 0 Å². The van der Waals surface area contributed by atoms with Crippen molar-refractivity contribution in [1.29, 1.82) is 0 Å². The second-order valence-electron chi connectivity index (χ2n) is 5.40. The fraction of sp³-hybridized carbons (Fsp3) is 0.294. The first kappa shape index (κ1) is 17.4. The first-order chi connectivity index (χ1) is 11.4. The molecule has 0 bridgehead atoms. The molecule has 0 unspecified atom stereocenters. The number of carbonyl (C=O) groups excluding carboxylic acids is 3. The third-order valence-electron chi connectivity index (χ3n) is 3.40. The number of anilines is 2. The van der Waals surface area contributed by atoms with E-state index in [4.69, 9.17) is 4.52 Å². The molecule has 0 spiro atoms. The Bertz CT molecular complexity index is 767. The fourth-order valence-electron chi connectivity index (χ4n) is 2.21. The minimum Gasteiger partial charge on any atom is -0.360 e. The minimum absolute atomic E-state index is 0.0838. The van der Waals surface area contributed by atoms with Crippen LogP contribution in [0, 0.1) is 6.92 Å². The van der Waals surface area contributed by atoms with E-state index >= 15 is 0 Å². The summed E-state index contributed by atoms with van der Waals surface area (Å²) in [4.78, 5) is 36.8. The molecule has 0 radical (unpaired) electrons. The quantitative estimate of drug-likeness (QED) is 0.822. The molecule has 24 heavy (non-hydrogen) atoms. The van der Waals surface area contributed by atoms with Crippen molar-refractivity contribution in [3.05, 3.63) is 41.7 Å². The van der Waals surface area contributed by atoms with Crippen molar-refractivity contribution in [2.75, 3.05) is 16.8 Å². The van der Waals surface area contributed by atoms with Gasteiger partial charge in [-0.3, -0.25) is 14.4 Å². The number of Topliss-reactive ketones (excluding diaryl/α,β-unsaturated/α-hetero) is 1. The van der Waals surface area contributed by atoms with Crippen LogP contribution in [0.25, 0.3) is 0 Å². The number of benzene rings is 1. The molecule has 126 valence electrons. The molecule has 7 heteroatoms. The van der Waals surface area contributed by atoms with Gasteiger partial charge in [0.2, 0.25) is 11.8 Å². The van der Waals surface area contributed by atoms with Gasteiger partial charge >= 0.3 is 0 Å². The maximum atomic E-state index is 12.0. The van der Waals surface area contributed by atoms with Crippen LogP contribution in [-0.2, 0) is 9.59 Å². The molecule has 2 amide bonds. The van der Waals surface area contributed by atoms with E-state index in [9.17, 15) is 14.4 Å². The lowest BCUT2D eigenvalue weighted by atomic mass is 10.1. The summed E-state index contributed by atoms with van der Waals surface area (Å²) in [5.74, 6) is 0.361. The summed E-state index contributed by atoms with van der Waals surface area (Å²) in [6, 6.07) is 8.37. The van der Waals surface area contributed by atoms with E-state index in [-0.39, 0.29) is 30.6 Å². The Hall–Kier alpha value is -2.96. The maximum absolute atomic E-state index is 12.0. The van der Waals surface area contributed by atoms with Crippen molar-refractivity contribution in [2.45, 2.75) is 27.2 Å². The summed E-state index contributed by atoms with van der Waals surface area (Å²) in [6.07, 6.45) is 0.0930. The van der Waals surface area contributed by atoms with Gasteiger partial charge in [-0.15, -0.1) is 0 Å². The zero-order valence-corrected chi connectivity index (χ0v) is 13.8. The highest BCUT2D eigenvalue weighted by Gasteiger charge is 2.15. The molecular weight excluding hydrogens is 310 g/mol. The van der Waals surface area contributed by atoms with Crippen LogP contribution in [0.4, 0.5) is 11.5 Å². The van der Waals surface area contributed by atoms with Crippen LogP contribution < -0.4 is 10.2 Å².